The summed E-state index contributed by atoms with van der Waals surface area (Å²) < 4.78 is 0. The van der Waals surface area contributed by atoms with Crippen LogP contribution in [0.15, 0.2) is 29.6 Å². The highest BCUT2D eigenvalue weighted by Crippen LogP contribution is 2.24. The molecular formula is C17H20N4OS. The summed E-state index contributed by atoms with van der Waals surface area (Å²) in [5, 5.41) is 13.9. The lowest BCUT2D eigenvalue weighted by Crippen LogP contribution is -2.26. The van der Waals surface area contributed by atoms with Gasteiger partial charge in [-0.1, -0.05) is 39.0 Å². The topological polar surface area (TPSA) is 70.7 Å². The maximum atomic E-state index is 12.3. The van der Waals surface area contributed by atoms with Crippen molar-refractivity contribution in [1.82, 2.24) is 20.5 Å². The highest BCUT2D eigenvalue weighted by atomic mass is 32.1. The standard InChI is InChI=1S/C17H20N4OS/c1-17(2,3)13-10-23-14(19-13)8-9-18-16(22)15-11-6-4-5-7-12(11)20-21-15/h4-7,10H,8-9H2,1-3H3,(H,18,22)(H,20,21). The fourth-order valence-corrected chi connectivity index (χ4v) is 3.30. The predicted octanol–water partition coefficient (Wildman–Crippen LogP) is 3.29. The van der Waals surface area contributed by atoms with E-state index in [-0.39, 0.29) is 11.3 Å². The van der Waals surface area contributed by atoms with Crippen molar-refractivity contribution in [3.8, 4) is 0 Å². The van der Waals surface area contributed by atoms with Crippen LogP contribution < -0.4 is 5.32 Å². The molecule has 3 aromatic rings. The van der Waals surface area contributed by atoms with E-state index in [4.69, 9.17) is 0 Å². The molecule has 0 bridgehead atoms. The normalized spacial score (nSPS) is 11.8. The second-order valence-corrected chi connectivity index (χ2v) is 7.44. The van der Waals surface area contributed by atoms with Gasteiger partial charge in [-0.25, -0.2) is 4.98 Å². The number of thiazole rings is 1. The van der Waals surface area contributed by atoms with E-state index >= 15 is 0 Å². The van der Waals surface area contributed by atoms with Crippen molar-refractivity contribution in [2.75, 3.05) is 6.54 Å². The number of H-pyrrole nitrogens is 1. The Kier molecular flexibility index (Phi) is 4.17. The maximum Gasteiger partial charge on any atom is 0.272 e. The molecule has 0 saturated carbocycles. The number of amides is 1. The predicted molar refractivity (Wildman–Crippen MR) is 92.9 cm³/mol. The largest absolute Gasteiger partial charge is 0.350 e. The molecule has 1 amide bonds. The van der Waals surface area contributed by atoms with E-state index in [2.05, 4.69) is 46.6 Å². The number of carbonyl (C=O) groups excluding carboxylic acids is 1. The van der Waals surface area contributed by atoms with E-state index in [1.165, 1.54) is 0 Å². The molecule has 2 aromatic heterocycles. The van der Waals surface area contributed by atoms with E-state index in [9.17, 15) is 4.79 Å². The number of hydrogen-bond donors (Lipinski definition) is 2. The number of carbonyl (C=O) groups is 1. The lowest BCUT2D eigenvalue weighted by molar-refractivity contribution is 0.0950. The molecule has 5 nitrogen and oxygen atoms in total. The average Bonchev–Trinajstić information content (AvgIpc) is 3.13. The molecule has 6 heteroatoms. The molecule has 0 aliphatic carbocycles. The van der Waals surface area contributed by atoms with Gasteiger partial charge in [0.05, 0.1) is 16.2 Å². The van der Waals surface area contributed by atoms with Gasteiger partial charge in [0.2, 0.25) is 0 Å². The molecule has 2 N–H and O–H groups in total. The van der Waals surface area contributed by atoms with Crippen molar-refractivity contribution in [2.45, 2.75) is 32.6 Å². The summed E-state index contributed by atoms with van der Waals surface area (Å²) in [4.78, 5) is 16.9. The first-order valence-corrected chi connectivity index (χ1v) is 8.49. The zero-order chi connectivity index (χ0) is 16.4. The van der Waals surface area contributed by atoms with Gasteiger partial charge >= 0.3 is 0 Å². The van der Waals surface area contributed by atoms with Crippen molar-refractivity contribution in [2.24, 2.45) is 0 Å². The lowest BCUT2D eigenvalue weighted by atomic mass is 9.93. The third-order valence-electron chi connectivity index (χ3n) is 3.63. The quantitative estimate of drug-likeness (QED) is 0.772. The third kappa shape index (κ3) is 3.42. The summed E-state index contributed by atoms with van der Waals surface area (Å²) in [5.41, 5.74) is 2.47. The van der Waals surface area contributed by atoms with E-state index < -0.39 is 0 Å². The highest BCUT2D eigenvalue weighted by molar-refractivity contribution is 7.09. The van der Waals surface area contributed by atoms with Crippen LogP contribution in [0.3, 0.4) is 0 Å². The smallest absolute Gasteiger partial charge is 0.272 e. The van der Waals surface area contributed by atoms with Gasteiger partial charge in [-0.3, -0.25) is 9.89 Å². The Bertz CT molecular complexity index is 828. The molecular weight excluding hydrogens is 308 g/mol. The van der Waals surface area contributed by atoms with Crippen molar-refractivity contribution in [3.05, 3.63) is 46.0 Å². The molecule has 0 fully saturated rings. The van der Waals surface area contributed by atoms with Crippen LogP contribution in [0, 0.1) is 0 Å². The van der Waals surface area contributed by atoms with Crippen molar-refractivity contribution in [3.63, 3.8) is 0 Å². The minimum atomic E-state index is -0.157. The second-order valence-electron chi connectivity index (χ2n) is 6.50. The van der Waals surface area contributed by atoms with Gasteiger partial charge in [0.15, 0.2) is 5.69 Å². The Morgan fingerprint density at radius 3 is 2.83 bits per heavy atom. The number of para-hydroxylation sites is 1. The molecule has 2 heterocycles. The number of nitrogens with zero attached hydrogens (tertiary/aromatic N) is 2. The van der Waals surface area contributed by atoms with Gasteiger partial charge < -0.3 is 5.32 Å². The monoisotopic (exact) mass is 328 g/mol. The van der Waals surface area contributed by atoms with Gasteiger partial charge in [0.25, 0.3) is 5.91 Å². The molecule has 1 aromatic carbocycles. The molecule has 0 aliphatic heterocycles. The molecule has 3 rings (SSSR count). The number of aromatic nitrogens is 3. The number of hydrogen-bond acceptors (Lipinski definition) is 4. The zero-order valence-corrected chi connectivity index (χ0v) is 14.3. The molecule has 120 valence electrons. The number of rotatable bonds is 4. The summed E-state index contributed by atoms with van der Waals surface area (Å²) >= 11 is 1.64. The van der Waals surface area contributed by atoms with Crippen molar-refractivity contribution >= 4 is 28.1 Å². The van der Waals surface area contributed by atoms with Crippen LogP contribution in [0.25, 0.3) is 10.9 Å². The second kappa shape index (κ2) is 6.12. The van der Waals surface area contributed by atoms with Crippen LogP contribution in [0.5, 0.6) is 0 Å². The number of aromatic amines is 1. The van der Waals surface area contributed by atoms with Crippen LogP contribution in [0.4, 0.5) is 0 Å². The van der Waals surface area contributed by atoms with Crippen molar-refractivity contribution < 1.29 is 4.79 Å². The van der Waals surface area contributed by atoms with E-state index in [1.54, 1.807) is 11.3 Å². The Hall–Kier alpha value is -2.21. The average molecular weight is 328 g/mol. The Labute approximate surface area is 139 Å². The number of benzene rings is 1. The first-order valence-electron chi connectivity index (χ1n) is 7.61. The molecule has 23 heavy (non-hydrogen) atoms. The first kappa shape index (κ1) is 15.7. The van der Waals surface area contributed by atoms with E-state index in [0.717, 1.165) is 28.0 Å². The SMILES string of the molecule is CC(C)(C)c1csc(CCNC(=O)c2n[nH]c3ccccc23)n1. The van der Waals surface area contributed by atoms with Gasteiger partial charge in [0.1, 0.15) is 0 Å². The van der Waals surface area contributed by atoms with Crippen LogP contribution >= 0.6 is 11.3 Å². The Morgan fingerprint density at radius 2 is 2.09 bits per heavy atom. The van der Waals surface area contributed by atoms with Gasteiger partial charge in [-0.2, -0.15) is 5.10 Å². The summed E-state index contributed by atoms with van der Waals surface area (Å²) in [6.45, 7) is 7.00. The minimum absolute atomic E-state index is 0.0615. The zero-order valence-electron chi connectivity index (χ0n) is 13.5. The molecule has 0 spiro atoms. The molecule has 0 saturated heterocycles. The summed E-state index contributed by atoms with van der Waals surface area (Å²) in [6, 6.07) is 7.61. The van der Waals surface area contributed by atoms with Gasteiger partial charge in [-0.05, 0) is 6.07 Å². The van der Waals surface area contributed by atoms with Gasteiger partial charge in [-0.15, -0.1) is 11.3 Å². The minimum Gasteiger partial charge on any atom is -0.350 e. The molecule has 0 radical (unpaired) electrons. The Balaban J connectivity index is 1.60. The van der Waals surface area contributed by atoms with Crippen LogP contribution in [0.2, 0.25) is 0 Å². The highest BCUT2D eigenvalue weighted by Gasteiger charge is 2.17. The molecule has 0 aliphatic rings. The molecule has 0 unspecified atom stereocenters. The Morgan fingerprint density at radius 1 is 1.30 bits per heavy atom. The lowest BCUT2D eigenvalue weighted by Gasteiger charge is -2.14. The number of nitrogens with one attached hydrogen (secondary N) is 2. The molecule has 0 atom stereocenters. The van der Waals surface area contributed by atoms with Crippen molar-refractivity contribution in [1.29, 1.82) is 0 Å². The van der Waals surface area contributed by atoms with E-state index in [1.807, 2.05) is 24.3 Å². The van der Waals surface area contributed by atoms with E-state index in [0.29, 0.717) is 12.2 Å². The number of fused-ring (bicyclic) bond motifs is 1. The summed E-state index contributed by atoms with van der Waals surface area (Å²) in [5.74, 6) is -0.157. The van der Waals surface area contributed by atoms with Gasteiger partial charge in [0, 0.05) is 29.1 Å². The fraction of sp³-hybridized carbons (Fsp3) is 0.353. The van der Waals surface area contributed by atoms with Crippen LogP contribution in [-0.2, 0) is 11.8 Å². The van der Waals surface area contributed by atoms with Crippen LogP contribution in [0.1, 0.15) is 42.0 Å². The summed E-state index contributed by atoms with van der Waals surface area (Å²) in [7, 11) is 0. The fourth-order valence-electron chi connectivity index (χ4n) is 2.27. The maximum absolute atomic E-state index is 12.3. The van der Waals surface area contributed by atoms with Crippen LogP contribution in [-0.4, -0.2) is 27.6 Å². The third-order valence-corrected chi connectivity index (χ3v) is 4.54. The summed E-state index contributed by atoms with van der Waals surface area (Å²) in [6.07, 6.45) is 0.731. The first-order chi connectivity index (χ1) is 10.9.